The number of nitrogens with zero attached hydrogens (tertiary/aromatic N) is 1. The number of hydrogen-bond donors (Lipinski definition) is 1. The maximum atomic E-state index is 12.5. The fraction of sp³-hybridized carbons (Fsp3) is 0.167. The van der Waals surface area contributed by atoms with E-state index in [2.05, 4.69) is 36.3 Å². The molecule has 2 aromatic carbocycles. The van der Waals surface area contributed by atoms with Crippen LogP contribution in [0.25, 0.3) is 6.08 Å². The number of aromatic nitrogens is 1. The zero-order valence-corrected chi connectivity index (χ0v) is 15.7. The first-order chi connectivity index (χ1) is 13.1. The van der Waals surface area contributed by atoms with E-state index in [1.54, 1.807) is 12.3 Å². The van der Waals surface area contributed by atoms with Crippen molar-refractivity contribution in [3.63, 3.8) is 0 Å². The van der Waals surface area contributed by atoms with Crippen LogP contribution in [0.4, 0.5) is 0 Å². The van der Waals surface area contributed by atoms with Crippen LogP contribution >= 0.6 is 0 Å². The van der Waals surface area contributed by atoms with Crippen molar-refractivity contribution in [3.05, 3.63) is 107 Å². The first kappa shape index (κ1) is 18.6. The second kappa shape index (κ2) is 8.95. The second-order valence-electron chi connectivity index (χ2n) is 6.76. The summed E-state index contributed by atoms with van der Waals surface area (Å²) in [6, 6.07) is 23.6. The van der Waals surface area contributed by atoms with Crippen molar-refractivity contribution < 1.29 is 4.79 Å². The largest absolute Gasteiger partial charge is 0.340 e. The van der Waals surface area contributed by atoms with Crippen molar-refractivity contribution in [2.24, 2.45) is 0 Å². The van der Waals surface area contributed by atoms with Crippen molar-refractivity contribution in [1.29, 1.82) is 0 Å². The van der Waals surface area contributed by atoms with Crippen LogP contribution in [-0.2, 0) is 4.79 Å². The molecule has 0 aliphatic heterocycles. The number of carbonyl (C=O) groups excluding carboxylic acids is 1. The highest BCUT2D eigenvalue weighted by molar-refractivity contribution is 5.92. The van der Waals surface area contributed by atoms with Gasteiger partial charge in [0.2, 0.25) is 5.91 Å². The summed E-state index contributed by atoms with van der Waals surface area (Å²) in [7, 11) is 0. The van der Waals surface area contributed by atoms with Gasteiger partial charge in [0.05, 0.1) is 11.7 Å². The molecule has 27 heavy (non-hydrogen) atoms. The molecule has 136 valence electrons. The Morgan fingerprint density at radius 1 is 0.889 bits per heavy atom. The summed E-state index contributed by atoms with van der Waals surface area (Å²) in [5.41, 5.74) is 4.10. The van der Waals surface area contributed by atoms with Crippen LogP contribution in [0, 0.1) is 0 Å². The van der Waals surface area contributed by atoms with E-state index in [-0.39, 0.29) is 11.9 Å². The van der Waals surface area contributed by atoms with Crippen molar-refractivity contribution in [1.82, 2.24) is 10.3 Å². The Bertz CT molecular complexity index is 845. The highest BCUT2D eigenvalue weighted by Crippen LogP contribution is 2.20. The van der Waals surface area contributed by atoms with Gasteiger partial charge in [0.15, 0.2) is 0 Å². The van der Waals surface area contributed by atoms with Crippen LogP contribution in [0.3, 0.4) is 0 Å². The molecule has 0 spiro atoms. The maximum Gasteiger partial charge on any atom is 0.244 e. The molecule has 0 aliphatic rings. The lowest BCUT2D eigenvalue weighted by Crippen LogP contribution is -2.28. The zero-order chi connectivity index (χ0) is 19.1. The average molecular weight is 356 g/mol. The first-order valence-electron chi connectivity index (χ1n) is 9.18. The molecule has 0 saturated heterocycles. The lowest BCUT2D eigenvalue weighted by molar-refractivity contribution is -0.116. The van der Waals surface area contributed by atoms with Crippen LogP contribution in [-0.4, -0.2) is 10.9 Å². The molecule has 0 fully saturated rings. The summed E-state index contributed by atoms with van der Waals surface area (Å²) in [5.74, 6) is 0.346. The average Bonchev–Trinajstić information content (AvgIpc) is 2.72. The number of benzene rings is 2. The van der Waals surface area contributed by atoms with Gasteiger partial charge < -0.3 is 5.32 Å². The van der Waals surface area contributed by atoms with Crippen LogP contribution in [0.15, 0.2) is 85.1 Å². The van der Waals surface area contributed by atoms with E-state index < -0.39 is 0 Å². The molecule has 3 rings (SSSR count). The van der Waals surface area contributed by atoms with Gasteiger partial charge in [-0.3, -0.25) is 9.78 Å². The Morgan fingerprint density at radius 3 is 2.22 bits per heavy atom. The van der Waals surface area contributed by atoms with Gasteiger partial charge in [0.1, 0.15) is 0 Å². The van der Waals surface area contributed by atoms with Crippen molar-refractivity contribution in [2.75, 3.05) is 0 Å². The molecule has 1 atom stereocenters. The third-order valence-corrected chi connectivity index (χ3v) is 4.43. The molecule has 1 heterocycles. The summed E-state index contributed by atoms with van der Waals surface area (Å²) in [6.45, 7) is 4.33. The molecule has 1 aromatic heterocycles. The first-order valence-corrected chi connectivity index (χ1v) is 9.18. The smallest absolute Gasteiger partial charge is 0.244 e. The summed E-state index contributed by atoms with van der Waals surface area (Å²) in [6.07, 6.45) is 5.15. The van der Waals surface area contributed by atoms with E-state index in [0.717, 1.165) is 16.8 Å². The predicted octanol–water partition coefficient (Wildman–Crippen LogP) is 5.12. The normalized spacial score (nSPS) is 12.3. The van der Waals surface area contributed by atoms with Gasteiger partial charge in [-0.1, -0.05) is 74.5 Å². The molecule has 3 nitrogen and oxygen atoms in total. The highest BCUT2D eigenvalue weighted by atomic mass is 16.1. The SMILES string of the molecule is CC(C)c1ccc(/C=C/C(=O)NC(c2ccccc2)c2ccccn2)cc1. The quantitative estimate of drug-likeness (QED) is 0.623. The van der Waals surface area contributed by atoms with E-state index >= 15 is 0 Å². The topological polar surface area (TPSA) is 42.0 Å². The lowest BCUT2D eigenvalue weighted by Gasteiger charge is -2.17. The zero-order valence-electron chi connectivity index (χ0n) is 15.7. The molecule has 1 N–H and O–H groups in total. The minimum Gasteiger partial charge on any atom is -0.340 e. The number of pyridine rings is 1. The Balaban J connectivity index is 1.75. The minimum atomic E-state index is -0.284. The molecule has 0 saturated carbocycles. The van der Waals surface area contributed by atoms with Gasteiger partial charge in [-0.15, -0.1) is 0 Å². The Kier molecular flexibility index (Phi) is 6.16. The van der Waals surface area contributed by atoms with Gasteiger partial charge in [0.25, 0.3) is 0 Å². The summed E-state index contributed by atoms with van der Waals surface area (Å²) >= 11 is 0. The van der Waals surface area contributed by atoms with Gasteiger partial charge in [-0.05, 0) is 40.8 Å². The lowest BCUT2D eigenvalue weighted by atomic mass is 10.0. The summed E-state index contributed by atoms with van der Waals surface area (Å²) in [4.78, 5) is 16.9. The molecule has 3 aromatic rings. The van der Waals surface area contributed by atoms with Crippen molar-refractivity contribution >= 4 is 12.0 Å². The van der Waals surface area contributed by atoms with Gasteiger partial charge in [-0.2, -0.15) is 0 Å². The van der Waals surface area contributed by atoms with Crippen LogP contribution in [0.1, 0.15) is 48.2 Å². The number of carbonyl (C=O) groups is 1. The highest BCUT2D eigenvalue weighted by Gasteiger charge is 2.16. The van der Waals surface area contributed by atoms with Gasteiger partial charge >= 0.3 is 0 Å². The Labute approximate surface area is 160 Å². The molecule has 0 aliphatic carbocycles. The monoisotopic (exact) mass is 356 g/mol. The van der Waals surface area contributed by atoms with Crippen molar-refractivity contribution in [2.45, 2.75) is 25.8 Å². The molecular formula is C24H24N2O. The van der Waals surface area contributed by atoms with E-state index in [1.807, 2.05) is 66.7 Å². The van der Waals surface area contributed by atoms with E-state index in [4.69, 9.17) is 0 Å². The third kappa shape index (κ3) is 5.14. The molecule has 0 radical (unpaired) electrons. The summed E-state index contributed by atoms with van der Waals surface area (Å²) in [5, 5.41) is 3.06. The third-order valence-electron chi connectivity index (χ3n) is 4.43. The van der Waals surface area contributed by atoms with Crippen molar-refractivity contribution in [3.8, 4) is 0 Å². The minimum absolute atomic E-state index is 0.151. The molecule has 1 amide bonds. The Hall–Kier alpha value is -3.20. The molecular weight excluding hydrogens is 332 g/mol. The fourth-order valence-corrected chi connectivity index (χ4v) is 2.87. The van der Waals surface area contributed by atoms with Crippen LogP contribution in [0.2, 0.25) is 0 Å². The molecule has 1 unspecified atom stereocenters. The number of rotatable bonds is 6. The van der Waals surface area contributed by atoms with Gasteiger partial charge in [0, 0.05) is 12.3 Å². The summed E-state index contributed by atoms with van der Waals surface area (Å²) < 4.78 is 0. The van der Waals surface area contributed by atoms with Crippen LogP contribution < -0.4 is 5.32 Å². The number of hydrogen-bond acceptors (Lipinski definition) is 2. The van der Waals surface area contributed by atoms with E-state index in [0.29, 0.717) is 5.92 Å². The van der Waals surface area contributed by atoms with Crippen LogP contribution in [0.5, 0.6) is 0 Å². The van der Waals surface area contributed by atoms with Gasteiger partial charge in [-0.25, -0.2) is 0 Å². The number of nitrogens with one attached hydrogen (secondary N) is 1. The van der Waals surface area contributed by atoms with E-state index in [9.17, 15) is 4.79 Å². The Morgan fingerprint density at radius 2 is 1.59 bits per heavy atom. The second-order valence-corrected chi connectivity index (χ2v) is 6.76. The van der Waals surface area contributed by atoms with E-state index in [1.165, 1.54) is 5.56 Å². The molecule has 3 heteroatoms. The predicted molar refractivity (Wildman–Crippen MR) is 110 cm³/mol. The molecule has 0 bridgehead atoms. The fourth-order valence-electron chi connectivity index (χ4n) is 2.87. The standard InChI is InChI=1S/C24H24N2O/c1-18(2)20-14-11-19(12-15-20)13-16-23(27)26-24(21-8-4-3-5-9-21)22-10-6-7-17-25-22/h3-18,24H,1-2H3,(H,26,27)/b16-13+. The maximum absolute atomic E-state index is 12.5. The number of amides is 1.